The Kier molecular flexibility index (Phi) is 7.39. The summed E-state index contributed by atoms with van der Waals surface area (Å²) in [5.74, 6) is 0.426. The summed E-state index contributed by atoms with van der Waals surface area (Å²) in [6.45, 7) is 4.38. The molecular formula is C26H24N4O3S. The van der Waals surface area contributed by atoms with Gasteiger partial charge >= 0.3 is 0 Å². The van der Waals surface area contributed by atoms with Gasteiger partial charge in [-0.15, -0.1) is 0 Å². The molecule has 1 aromatic heterocycles. The SMILES string of the molecule is CCOc1ccccc1/C=N/NC(=O)CSc1nc2ccccc2c(=O)n1-c1ccccc1C. The number of fused-ring (bicyclic) bond motifs is 1. The lowest BCUT2D eigenvalue weighted by atomic mass is 10.2. The molecule has 4 rings (SSSR count). The van der Waals surface area contributed by atoms with E-state index in [9.17, 15) is 9.59 Å². The van der Waals surface area contributed by atoms with E-state index in [2.05, 4.69) is 15.5 Å². The molecule has 0 fully saturated rings. The van der Waals surface area contributed by atoms with Gasteiger partial charge in [0.1, 0.15) is 5.75 Å². The highest BCUT2D eigenvalue weighted by molar-refractivity contribution is 7.99. The molecule has 0 aliphatic heterocycles. The van der Waals surface area contributed by atoms with Crippen LogP contribution in [0, 0.1) is 6.92 Å². The summed E-state index contributed by atoms with van der Waals surface area (Å²) >= 11 is 1.19. The maximum Gasteiger partial charge on any atom is 0.266 e. The molecule has 172 valence electrons. The van der Waals surface area contributed by atoms with Crippen molar-refractivity contribution in [1.82, 2.24) is 15.0 Å². The molecule has 0 bridgehead atoms. The third-order valence-corrected chi connectivity index (χ3v) is 5.98. The smallest absolute Gasteiger partial charge is 0.266 e. The van der Waals surface area contributed by atoms with Crippen molar-refractivity contribution >= 4 is 34.8 Å². The molecule has 0 atom stereocenters. The van der Waals surface area contributed by atoms with Gasteiger partial charge in [-0.2, -0.15) is 5.10 Å². The lowest BCUT2D eigenvalue weighted by Crippen LogP contribution is -2.24. The van der Waals surface area contributed by atoms with Gasteiger partial charge in [0.15, 0.2) is 5.16 Å². The van der Waals surface area contributed by atoms with E-state index in [4.69, 9.17) is 4.74 Å². The third kappa shape index (κ3) is 5.18. The van der Waals surface area contributed by atoms with Crippen molar-refractivity contribution in [2.45, 2.75) is 19.0 Å². The summed E-state index contributed by atoms with van der Waals surface area (Å²) < 4.78 is 7.13. The van der Waals surface area contributed by atoms with Crippen molar-refractivity contribution in [3.63, 3.8) is 0 Å². The van der Waals surface area contributed by atoms with E-state index in [0.29, 0.717) is 28.4 Å². The molecule has 1 amide bonds. The molecule has 0 spiro atoms. The summed E-state index contributed by atoms with van der Waals surface area (Å²) in [7, 11) is 0. The van der Waals surface area contributed by atoms with E-state index in [1.165, 1.54) is 11.8 Å². The Morgan fingerprint density at radius 2 is 1.82 bits per heavy atom. The number of amides is 1. The number of benzene rings is 3. The summed E-state index contributed by atoms with van der Waals surface area (Å²) in [5.41, 5.74) is 5.38. The molecule has 3 aromatic carbocycles. The lowest BCUT2D eigenvalue weighted by molar-refractivity contribution is -0.118. The Morgan fingerprint density at radius 3 is 2.65 bits per heavy atom. The molecule has 4 aromatic rings. The summed E-state index contributed by atoms with van der Waals surface area (Å²) in [6, 6.07) is 22.3. The molecule has 0 radical (unpaired) electrons. The van der Waals surface area contributed by atoms with Crippen molar-refractivity contribution in [3.8, 4) is 11.4 Å². The average Bonchev–Trinajstić information content (AvgIpc) is 2.85. The lowest BCUT2D eigenvalue weighted by Gasteiger charge is -2.14. The number of carbonyl (C=O) groups is 1. The third-order valence-electron chi connectivity index (χ3n) is 5.05. The Bertz CT molecular complexity index is 1410. The minimum absolute atomic E-state index is 0.0428. The Balaban J connectivity index is 1.55. The van der Waals surface area contributed by atoms with Gasteiger partial charge in [0.05, 0.1) is 35.2 Å². The van der Waals surface area contributed by atoms with E-state index >= 15 is 0 Å². The van der Waals surface area contributed by atoms with Crippen LogP contribution in [0.3, 0.4) is 0 Å². The molecule has 1 heterocycles. The van der Waals surface area contributed by atoms with Crippen LogP contribution in [-0.4, -0.2) is 34.0 Å². The van der Waals surface area contributed by atoms with Crippen LogP contribution in [0.25, 0.3) is 16.6 Å². The van der Waals surface area contributed by atoms with Crippen molar-refractivity contribution in [1.29, 1.82) is 0 Å². The number of hydrogen-bond acceptors (Lipinski definition) is 6. The molecule has 0 unspecified atom stereocenters. The monoisotopic (exact) mass is 472 g/mol. The number of ether oxygens (including phenoxy) is 1. The number of nitrogens with one attached hydrogen (secondary N) is 1. The van der Waals surface area contributed by atoms with Crippen molar-refractivity contribution in [2.75, 3.05) is 12.4 Å². The van der Waals surface area contributed by atoms with Crippen LogP contribution in [0.5, 0.6) is 5.75 Å². The first-order valence-corrected chi connectivity index (χ1v) is 11.8. The molecule has 1 N–H and O–H groups in total. The Labute approximate surface area is 201 Å². The van der Waals surface area contributed by atoms with Gasteiger partial charge in [0.25, 0.3) is 11.5 Å². The maximum absolute atomic E-state index is 13.3. The second kappa shape index (κ2) is 10.8. The van der Waals surface area contributed by atoms with Gasteiger partial charge in [-0.25, -0.2) is 10.4 Å². The zero-order chi connectivity index (χ0) is 23.9. The van der Waals surface area contributed by atoms with Crippen LogP contribution < -0.4 is 15.7 Å². The fraction of sp³-hybridized carbons (Fsp3) is 0.154. The van der Waals surface area contributed by atoms with Crippen molar-refractivity contribution < 1.29 is 9.53 Å². The quantitative estimate of drug-likeness (QED) is 0.179. The highest BCUT2D eigenvalue weighted by atomic mass is 32.2. The zero-order valence-corrected chi connectivity index (χ0v) is 19.7. The van der Waals surface area contributed by atoms with Crippen LogP contribution in [0.1, 0.15) is 18.1 Å². The number of hydrazone groups is 1. The van der Waals surface area contributed by atoms with Gasteiger partial charge in [-0.1, -0.05) is 54.2 Å². The number of carbonyl (C=O) groups excluding carboxylic acids is 1. The predicted molar refractivity (Wildman–Crippen MR) is 136 cm³/mol. The van der Waals surface area contributed by atoms with Crippen LogP contribution >= 0.6 is 11.8 Å². The second-order valence-electron chi connectivity index (χ2n) is 7.39. The molecule has 0 saturated carbocycles. The van der Waals surface area contributed by atoms with E-state index in [0.717, 1.165) is 16.8 Å². The van der Waals surface area contributed by atoms with Crippen LogP contribution in [0.15, 0.2) is 87.8 Å². The molecule has 8 heteroatoms. The number of para-hydroxylation sites is 3. The summed E-state index contributed by atoms with van der Waals surface area (Å²) in [4.78, 5) is 30.5. The molecule has 0 saturated heterocycles. The first-order valence-electron chi connectivity index (χ1n) is 10.8. The number of hydrogen-bond donors (Lipinski definition) is 1. The molecular weight excluding hydrogens is 448 g/mol. The fourth-order valence-corrected chi connectivity index (χ4v) is 4.24. The van der Waals surface area contributed by atoms with Gasteiger partial charge in [0.2, 0.25) is 0 Å². The van der Waals surface area contributed by atoms with Crippen molar-refractivity contribution in [2.24, 2.45) is 5.10 Å². The van der Waals surface area contributed by atoms with Gasteiger partial charge in [-0.3, -0.25) is 14.2 Å². The minimum atomic E-state index is -0.311. The number of rotatable bonds is 8. The van der Waals surface area contributed by atoms with Crippen LogP contribution in [0.2, 0.25) is 0 Å². The van der Waals surface area contributed by atoms with E-state index in [1.54, 1.807) is 22.9 Å². The number of aryl methyl sites for hydroxylation is 1. The standard InChI is InChI=1S/C26H24N4O3S/c1-3-33-23-15-9-5-11-19(23)16-27-29-24(31)17-34-26-28-21-13-7-6-12-20(21)25(32)30(26)22-14-8-4-10-18(22)2/h4-16H,3,17H2,1-2H3,(H,29,31)/b27-16+. The van der Waals surface area contributed by atoms with E-state index in [1.807, 2.05) is 74.5 Å². The predicted octanol–water partition coefficient (Wildman–Crippen LogP) is 4.34. The first-order chi connectivity index (χ1) is 16.6. The van der Waals surface area contributed by atoms with Crippen LogP contribution in [0.4, 0.5) is 0 Å². The molecule has 0 aliphatic carbocycles. The van der Waals surface area contributed by atoms with Gasteiger partial charge in [0, 0.05) is 5.56 Å². The highest BCUT2D eigenvalue weighted by Gasteiger charge is 2.15. The summed E-state index contributed by atoms with van der Waals surface area (Å²) in [5, 5.41) is 5.02. The number of thioether (sulfide) groups is 1. The maximum atomic E-state index is 13.3. The highest BCUT2D eigenvalue weighted by Crippen LogP contribution is 2.23. The normalized spacial score (nSPS) is 11.1. The largest absolute Gasteiger partial charge is 0.493 e. The Morgan fingerprint density at radius 1 is 1.09 bits per heavy atom. The number of nitrogens with zero attached hydrogens (tertiary/aromatic N) is 3. The van der Waals surface area contributed by atoms with E-state index in [-0.39, 0.29) is 17.2 Å². The van der Waals surface area contributed by atoms with Gasteiger partial charge < -0.3 is 4.74 Å². The van der Waals surface area contributed by atoms with Gasteiger partial charge in [-0.05, 0) is 49.7 Å². The molecule has 34 heavy (non-hydrogen) atoms. The second-order valence-corrected chi connectivity index (χ2v) is 8.33. The minimum Gasteiger partial charge on any atom is -0.493 e. The van der Waals surface area contributed by atoms with E-state index < -0.39 is 0 Å². The van der Waals surface area contributed by atoms with Crippen molar-refractivity contribution in [3.05, 3.63) is 94.3 Å². The van der Waals surface area contributed by atoms with Crippen LogP contribution in [-0.2, 0) is 4.79 Å². The average molecular weight is 473 g/mol. The first kappa shape index (κ1) is 23.3. The Hall–Kier alpha value is -3.91. The molecule has 7 nitrogen and oxygen atoms in total. The number of aromatic nitrogens is 2. The fourth-order valence-electron chi connectivity index (χ4n) is 3.45. The zero-order valence-electron chi connectivity index (χ0n) is 18.9. The summed E-state index contributed by atoms with van der Waals surface area (Å²) in [6.07, 6.45) is 1.55. The molecule has 0 aliphatic rings. The topological polar surface area (TPSA) is 85.6 Å².